The zero-order valence-corrected chi connectivity index (χ0v) is 10.2. The summed E-state index contributed by atoms with van der Waals surface area (Å²) in [7, 11) is 1.94. The van der Waals surface area contributed by atoms with E-state index in [4.69, 9.17) is 9.84 Å². The van der Waals surface area contributed by atoms with Crippen molar-refractivity contribution < 1.29 is 14.6 Å². The minimum absolute atomic E-state index is 0.0414. The highest BCUT2D eigenvalue weighted by atomic mass is 16.5. The Morgan fingerprint density at radius 1 is 1.33 bits per heavy atom. The molecule has 0 spiro atoms. The lowest BCUT2D eigenvalue weighted by atomic mass is 10.2. The maximum atomic E-state index is 11.2. The summed E-state index contributed by atoms with van der Waals surface area (Å²) in [6, 6.07) is 0. The average molecular weight is 217 g/mol. The maximum absolute atomic E-state index is 11.2. The molecule has 4 heteroatoms. The van der Waals surface area contributed by atoms with E-state index in [0.29, 0.717) is 13.0 Å². The molecular formula is C11H23NO3. The smallest absolute Gasteiger partial charge is 0.307 e. The third kappa shape index (κ3) is 9.69. The van der Waals surface area contributed by atoms with Gasteiger partial charge in [-0.15, -0.1) is 0 Å². The summed E-state index contributed by atoms with van der Waals surface area (Å²) in [5.74, 6) is -0.158. The summed E-state index contributed by atoms with van der Waals surface area (Å²) in [5, 5.41) is 9.08. The molecule has 4 nitrogen and oxygen atoms in total. The number of rotatable bonds is 7. The molecule has 0 aliphatic carbocycles. The van der Waals surface area contributed by atoms with E-state index in [0.717, 1.165) is 13.0 Å². The van der Waals surface area contributed by atoms with Crippen LogP contribution in [0.4, 0.5) is 0 Å². The molecule has 0 rings (SSSR count). The first-order chi connectivity index (χ1) is 6.91. The second kappa shape index (κ2) is 7.65. The molecule has 1 unspecified atom stereocenters. The van der Waals surface area contributed by atoms with Crippen molar-refractivity contribution >= 4 is 5.97 Å². The Balaban J connectivity index is 3.53. The van der Waals surface area contributed by atoms with Crippen LogP contribution in [0.2, 0.25) is 0 Å². The molecule has 0 amide bonds. The van der Waals surface area contributed by atoms with E-state index in [1.807, 2.05) is 25.8 Å². The topological polar surface area (TPSA) is 49.8 Å². The van der Waals surface area contributed by atoms with Gasteiger partial charge in [0.15, 0.2) is 0 Å². The van der Waals surface area contributed by atoms with E-state index in [1.165, 1.54) is 0 Å². The quantitative estimate of drug-likeness (QED) is 0.647. The molecule has 90 valence electrons. The maximum Gasteiger partial charge on any atom is 0.307 e. The van der Waals surface area contributed by atoms with Gasteiger partial charge in [0.05, 0.1) is 18.6 Å². The second-order valence-electron chi connectivity index (χ2n) is 4.23. The molecule has 1 N–H and O–H groups in total. The molecule has 0 aromatic heterocycles. The van der Waals surface area contributed by atoms with Crippen molar-refractivity contribution in [1.29, 1.82) is 0 Å². The summed E-state index contributed by atoms with van der Waals surface area (Å²) in [5.41, 5.74) is 0. The molecule has 15 heavy (non-hydrogen) atoms. The summed E-state index contributed by atoms with van der Waals surface area (Å²) in [6.07, 6.45) is 0.819. The Kier molecular flexibility index (Phi) is 7.34. The Morgan fingerprint density at radius 3 is 2.40 bits per heavy atom. The van der Waals surface area contributed by atoms with Crippen LogP contribution >= 0.6 is 0 Å². The van der Waals surface area contributed by atoms with Crippen LogP contribution in [-0.2, 0) is 9.53 Å². The first kappa shape index (κ1) is 14.4. The van der Waals surface area contributed by atoms with E-state index >= 15 is 0 Å². The van der Waals surface area contributed by atoms with Crippen LogP contribution < -0.4 is 0 Å². The van der Waals surface area contributed by atoms with Gasteiger partial charge in [0.2, 0.25) is 0 Å². The Morgan fingerprint density at radius 2 is 1.93 bits per heavy atom. The van der Waals surface area contributed by atoms with Crippen molar-refractivity contribution in [2.75, 3.05) is 20.1 Å². The molecule has 0 saturated heterocycles. The number of nitrogens with zero attached hydrogens (tertiary/aromatic N) is 1. The lowest BCUT2D eigenvalue weighted by molar-refractivity contribution is -0.147. The highest BCUT2D eigenvalue weighted by molar-refractivity contribution is 5.69. The zero-order chi connectivity index (χ0) is 11.8. The molecule has 0 radical (unpaired) electrons. The van der Waals surface area contributed by atoms with Gasteiger partial charge in [-0.25, -0.2) is 0 Å². The fourth-order valence-corrected chi connectivity index (χ4v) is 1.12. The van der Waals surface area contributed by atoms with Crippen LogP contribution in [-0.4, -0.2) is 48.3 Å². The van der Waals surface area contributed by atoms with Gasteiger partial charge in [0.1, 0.15) is 0 Å². The summed E-state index contributed by atoms with van der Waals surface area (Å²) < 4.78 is 5.01. The number of esters is 1. The van der Waals surface area contributed by atoms with Gasteiger partial charge >= 0.3 is 5.97 Å². The monoisotopic (exact) mass is 217 g/mol. The van der Waals surface area contributed by atoms with Gasteiger partial charge in [-0.05, 0) is 34.2 Å². The molecule has 0 fully saturated rings. The lowest BCUT2D eigenvalue weighted by Crippen LogP contribution is -2.26. The Hall–Kier alpha value is -0.610. The molecular weight excluding hydrogens is 194 g/mol. The predicted octanol–water partition coefficient (Wildman–Crippen LogP) is 1.03. The fourth-order valence-electron chi connectivity index (χ4n) is 1.12. The largest absolute Gasteiger partial charge is 0.463 e. The van der Waals surface area contributed by atoms with E-state index in [9.17, 15) is 4.79 Å². The molecule has 1 atom stereocenters. The van der Waals surface area contributed by atoms with Crippen LogP contribution in [0.5, 0.6) is 0 Å². The standard InChI is InChI=1S/C11H23NO3/c1-9(2)15-11(14)6-8-12(4)7-5-10(3)13/h9-10,13H,5-8H2,1-4H3. The number of hydrogen-bond acceptors (Lipinski definition) is 4. The van der Waals surface area contributed by atoms with Crippen molar-refractivity contribution in [1.82, 2.24) is 4.90 Å². The number of carbonyl (C=O) groups is 1. The highest BCUT2D eigenvalue weighted by Crippen LogP contribution is 1.97. The average Bonchev–Trinajstić information content (AvgIpc) is 2.10. The lowest BCUT2D eigenvalue weighted by Gasteiger charge is -2.17. The number of aliphatic hydroxyl groups excluding tert-OH is 1. The van der Waals surface area contributed by atoms with Gasteiger partial charge in [-0.3, -0.25) is 4.79 Å². The first-order valence-electron chi connectivity index (χ1n) is 5.48. The molecule has 0 saturated carbocycles. The predicted molar refractivity (Wildman–Crippen MR) is 59.6 cm³/mol. The van der Waals surface area contributed by atoms with Crippen LogP contribution in [0, 0.1) is 0 Å². The second-order valence-corrected chi connectivity index (χ2v) is 4.23. The van der Waals surface area contributed by atoms with E-state index < -0.39 is 0 Å². The van der Waals surface area contributed by atoms with Gasteiger partial charge in [0, 0.05) is 13.1 Å². The van der Waals surface area contributed by atoms with Crippen LogP contribution in [0.25, 0.3) is 0 Å². The van der Waals surface area contributed by atoms with Gasteiger partial charge in [0.25, 0.3) is 0 Å². The summed E-state index contributed by atoms with van der Waals surface area (Å²) in [6.45, 7) is 6.93. The molecule has 0 aliphatic rings. The van der Waals surface area contributed by atoms with E-state index in [1.54, 1.807) is 6.92 Å². The van der Waals surface area contributed by atoms with Crippen molar-refractivity contribution in [2.24, 2.45) is 0 Å². The van der Waals surface area contributed by atoms with Gasteiger partial charge < -0.3 is 14.7 Å². The molecule has 0 aliphatic heterocycles. The Bertz CT molecular complexity index is 181. The molecule has 0 bridgehead atoms. The SMILES string of the molecule is CC(O)CCN(C)CCC(=O)OC(C)C. The van der Waals surface area contributed by atoms with E-state index in [2.05, 4.69) is 0 Å². The summed E-state index contributed by atoms with van der Waals surface area (Å²) >= 11 is 0. The zero-order valence-electron chi connectivity index (χ0n) is 10.2. The van der Waals surface area contributed by atoms with Crippen LogP contribution in [0.1, 0.15) is 33.6 Å². The molecule has 0 heterocycles. The van der Waals surface area contributed by atoms with Crippen molar-refractivity contribution in [2.45, 2.75) is 45.8 Å². The number of hydrogen-bond donors (Lipinski definition) is 1. The van der Waals surface area contributed by atoms with Crippen LogP contribution in [0.3, 0.4) is 0 Å². The summed E-state index contributed by atoms with van der Waals surface area (Å²) in [4.78, 5) is 13.2. The van der Waals surface area contributed by atoms with Crippen molar-refractivity contribution in [3.63, 3.8) is 0 Å². The number of aliphatic hydroxyl groups is 1. The normalized spacial score (nSPS) is 13.3. The number of ether oxygens (including phenoxy) is 1. The molecule has 0 aromatic rings. The minimum atomic E-state index is -0.282. The van der Waals surface area contributed by atoms with Crippen LogP contribution in [0.15, 0.2) is 0 Å². The van der Waals surface area contributed by atoms with Gasteiger partial charge in [-0.2, -0.15) is 0 Å². The minimum Gasteiger partial charge on any atom is -0.463 e. The highest BCUT2D eigenvalue weighted by Gasteiger charge is 2.07. The third-order valence-electron chi connectivity index (χ3n) is 1.99. The van der Waals surface area contributed by atoms with Gasteiger partial charge in [-0.1, -0.05) is 0 Å². The number of carbonyl (C=O) groups excluding carboxylic acids is 1. The first-order valence-corrected chi connectivity index (χ1v) is 5.48. The fraction of sp³-hybridized carbons (Fsp3) is 0.909. The third-order valence-corrected chi connectivity index (χ3v) is 1.99. The Labute approximate surface area is 92.2 Å². The van der Waals surface area contributed by atoms with Crippen molar-refractivity contribution in [3.8, 4) is 0 Å². The van der Waals surface area contributed by atoms with E-state index in [-0.39, 0.29) is 18.2 Å². The van der Waals surface area contributed by atoms with Crippen molar-refractivity contribution in [3.05, 3.63) is 0 Å². The molecule has 0 aromatic carbocycles.